The van der Waals surface area contributed by atoms with Crippen molar-refractivity contribution in [2.45, 2.75) is 46.0 Å². The SMILES string of the molecule is CC(=O)N1CCC(=C2c3cc(F)ccc3CCCc3cc(C)cnc32)CC1. The monoisotopic (exact) mass is 364 g/mol. The first-order chi connectivity index (χ1) is 13.0. The van der Waals surface area contributed by atoms with Crippen LogP contribution in [0.3, 0.4) is 0 Å². The summed E-state index contributed by atoms with van der Waals surface area (Å²) in [4.78, 5) is 18.4. The van der Waals surface area contributed by atoms with Crippen LogP contribution in [0.4, 0.5) is 4.39 Å². The van der Waals surface area contributed by atoms with Gasteiger partial charge >= 0.3 is 0 Å². The molecule has 1 aromatic carbocycles. The van der Waals surface area contributed by atoms with Crippen LogP contribution in [0.15, 0.2) is 36.0 Å². The first-order valence-electron chi connectivity index (χ1n) is 9.75. The molecule has 0 radical (unpaired) electrons. The van der Waals surface area contributed by atoms with E-state index in [-0.39, 0.29) is 11.7 Å². The van der Waals surface area contributed by atoms with Crippen LogP contribution >= 0.6 is 0 Å². The van der Waals surface area contributed by atoms with E-state index < -0.39 is 0 Å². The minimum absolute atomic E-state index is 0.123. The smallest absolute Gasteiger partial charge is 0.219 e. The lowest BCUT2D eigenvalue weighted by atomic mass is 9.83. The van der Waals surface area contributed by atoms with E-state index in [9.17, 15) is 9.18 Å². The number of carbonyl (C=O) groups excluding carboxylic acids is 1. The molecule has 4 heteroatoms. The number of hydrogen-bond donors (Lipinski definition) is 0. The maximum atomic E-state index is 14.2. The minimum Gasteiger partial charge on any atom is -0.342 e. The third-order valence-electron chi connectivity index (χ3n) is 5.74. The number of aromatic nitrogens is 1. The van der Waals surface area contributed by atoms with Crippen molar-refractivity contribution in [3.8, 4) is 0 Å². The number of benzene rings is 1. The van der Waals surface area contributed by atoms with Gasteiger partial charge in [-0.1, -0.05) is 17.7 Å². The molecule has 0 saturated carbocycles. The van der Waals surface area contributed by atoms with Gasteiger partial charge in [-0.25, -0.2) is 4.39 Å². The van der Waals surface area contributed by atoms with Crippen LogP contribution in [0.5, 0.6) is 0 Å². The molecule has 1 aliphatic carbocycles. The summed E-state index contributed by atoms with van der Waals surface area (Å²) in [5.41, 5.74) is 7.98. The number of rotatable bonds is 0. The van der Waals surface area contributed by atoms with E-state index in [1.54, 1.807) is 19.1 Å². The minimum atomic E-state index is -0.206. The molecule has 3 nitrogen and oxygen atoms in total. The van der Waals surface area contributed by atoms with E-state index in [2.05, 4.69) is 13.0 Å². The van der Waals surface area contributed by atoms with Crippen molar-refractivity contribution in [3.63, 3.8) is 0 Å². The van der Waals surface area contributed by atoms with E-state index in [1.165, 1.54) is 16.7 Å². The van der Waals surface area contributed by atoms with Crippen molar-refractivity contribution in [2.75, 3.05) is 13.1 Å². The van der Waals surface area contributed by atoms with E-state index in [0.29, 0.717) is 0 Å². The number of nitrogens with zero attached hydrogens (tertiary/aromatic N) is 2. The molecule has 140 valence electrons. The molecule has 27 heavy (non-hydrogen) atoms. The zero-order valence-electron chi connectivity index (χ0n) is 16.0. The van der Waals surface area contributed by atoms with Crippen LogP contribution in [0.2, 0.25) is 0 Å². The van der Waals surface area contributed by atoms with Gasteiger partial charge in [0.1, 0.15) is 5.82 Å². The number of fused-ring (bicyclic) bond motifs is 2. The molecule has 1 amide bonds. The van der Waals surface area contributed by atoms with Crippen molar-refractivity contribution in [3.05, 3.63) is 69.8 Å². The van der Waals surface area contributed by atoms with Gasteiger partial charge in [-0.2, -0.15) is 0 Å². The molecule has 4 rings (SSSR count). The van der Waals surface area contributed by atoms with E-state index >= 15 is 0 Å². The lowest BCUT2D eigenvalue weighted by molar-refractivity contribution is -0.129. The molecule has 0 spiro atoms. The number of amides is 1. The Labute approximate surface area is 159 Å². The normalized spacial score (nSPS) is 17.1. The Morgan fingerprint density at radius 1 is 1.07 bits per heavy atom. The van der Waals surface area contributed by atoms with E-state index in [4.69, 9.17) is 4.98 Å². The fourth-order valence-corrected chi connectivity index (χ4v) is 4.34. The highest BCUT2D eigenvalue weighted by Crippen LogP contribution is 2.37. The van der Waals surface area contributed by atoms with Gasteiger partial charge in [0.05, 0.1) is 5.69 Å². The quantitative estimate of drug-likeness (QED) is 0.691. The average Bonchev–Trinajstić information content (AvgIpc) is 2.64. The maximum Gasteiger partial charge on any atom is 0.219 e. The summed E-state index contributed by atoms with van der Waals surface area (Å²) in [6, 6.07) is 7.38. The van der Waals surface area contributed by atoms with Crippen LogP contribution in [-0.2, 0) is 17.6 Å². The zero-order chi connectivity index (χ0) is 19.0. The summed E-state index contributed by atoms with van der Waals surface area (Å²) in [6.07, 6.45) is 6.51. The van der Waals surface area contributed by atoms with Crippen molar-refractivity contribution in [2.24, 2.45) is 0 Å². The van der Waals surface area contributed by atoms with Gasteiger partial charge in [-0.05, 0) is 73.4 Å². The molecule has 0 atom stereocenters. The molecule has 1 aliphatic heterocycles. The van der Waals surface area contributed by atoms with Crippen molar-refractivity contribution in [1.29, 1.82) is 0 Å². The Hall–Kier alpha value is -2.49. The third kappa shape index (κ3) is 3.53. The number of halogens is 1. The fraction of sp³-hybridized carbons (Fsp3) is 0.391. The largest absolute Gasteiger partial charge is 0.342 e. The molecule has 1 aromatic heterocycles. The number of piperidine rings is 1. The van der Waals surface area contributed by atoms with Crippen molar-refractivity contribution >= 4 is 11.5 Å². The number of carbonyl (C=O) groups is 1. The van der Waals surface area contributed by atoms with Crippen LogP contribution in [0.1, 0.15) is 54.1 Å². The first-order valence-corrected chi connectivity index (χ1v) is 9.75. The van der Waals surface area contributed by atoms with Crippen LogP contribution < -0.4 is 0 Å². The number of aryl methyl sites for hydroxylation is 3. The van der Waals surface area contributed by atoms with Crippen molar-refractivity contribution in [1.82, 2.24) is 9.88 Å². The predicted molar refractivity (Wildman–Crippen MR) is 105 cm³/mol. The number of hydrogen-bond acceptors (Lipinski definition) is 2. The first kappa shape index (κ1) is 17.9. The van der Waals surface area contributed by atoms with Crippen LogP contribution in [0.25, 0.3) is 5.57 Å². The van der Waals surface area contributed by atoms with Gasteiger partial charge < -0.3 is 4.90 Å². The van der Waals surface area contributed by atoms with Crippen LogP contribution in [-0.4, -0.2) is 28.9 Å². The highest BCUT2D eigenvalue weighted by molar-refractivity contribution is 5.84. The van der Waals surface area contributed by atoms with Gasteiger partial charge in [0, 0.05) is 31.8 Å². The summed E-state index contributed by atoms with van der Waals surface area (Å²) in [7, 11) is 0. The highest BCUT2D eigenvalue weighted by atomic mass is 19.1. The van der Waals surface area contributed by atoms with Gasteiger partial charge in [-0.15, -0.1) is 0 Å². The van der Waals surface area contributed by atoms with Gasteiger partial charge in [-0.3, -0.25) is 9.78 Å². The maximum absolute atomic E-state index is 14.2. The molecular weight excluding hydrogens is 339 g/mol. The highest BCUT2D eigenvalue weighted by Gasteiger charge is 2.25. The Bertz CT molecular complexity index is 922. The molecule has 2 aliphatic rings. The molecule has 1 saturated heterocycles. The molecule has 0 N–H and O–H groups in total. The van der Waals surface area contributed by atoms with Gasteiger partial charge in [0.15, 0.2) is 0 Å². The molecule has 0 unspecified atom stereocenters. The third-order valence-corrected chi connectivity index (χ3v) is 5.74. The number of likely N-dealkylation sites (tertiary alicyclic amines) is 1. The zero-order valence-corrected chi connectivity index (χ0v) is 16.0. The lowest BCUT2D eigenvalue weighted by Gasteiger charge is -2.30. The summed E-state index contributed by atoms with van der Waals surface area (Å²) < 4.78 is 14.2. The average molecular weight is 364 g/mol. The topological polar surface area (TPSA) is 33.2 Å². The Kier molecular flexibility index (Phi) is 4.81. The van der Waals surface area contributed by atoms with Crippen molar-refractivity contribution < 1.29 is 9.18 Å². The molecule has 2 aromatic rings. The van der Waals surface area contributed by atoms with E-state index in [1.807, 2.05) is 17.2 Å². The molecular formula is C23H25FN2O. The Morgan fingerprint density at radius 2 is 1.81 bits per heavy atom. The Morgan fingerprint density at radius 3 is 2.56 bits per heavy atom. The second-order valence-corrected chi connectivity index (χ2v) is 7.66. The number of pyridine rings is 1. The molecule has 1 fully saturated rings. The predicted octanol–water partition coefficient (Wildman–Crippen LogP) is 4.46. The lowest BCUT2D eigenvalue weighted by Crippen LogP contribution is -2.35. The second kappa shape index (κ2) is 7.26. The molecule has 2 heterocycles. The summed E-state index contributed by atoms with van der Waals surface area (Å²) in [6.45, 7) is 5.14. The van der Waals surface area contributed by atoms with Gasteiger partial charge in [0.2, 0.25) is 5.91 Å². The second-order valence-electron chi connectivity index (χ2n) is 7.66. The van der Waals surface area contributed by atoms with Gasteiger partial charge in [0.25, 0.3) is 0 Å². The van der Waals surface area contributed by atoms with Crippen LogP contribution in [0, 0.1) is 12.7 Å². The Balaban J connectivity index is 1.89. The summed E-state index contributed by atoms with van der Waals surface area (Å²) in [5.74, 6) is -0.0837. The molecule has 0 bridgehead atoms. The summed E-state index contributed by atoms with van der Waals surface area (Å²) in [5, 5.41) is 0. The summed E-state index contributed by atoms with van der Waals surface area (Å²) >= 11 is 0. The van der Waals surface area contributed by atoms with E-state index in [0.717, 1.165) is 67.6 Å². The fourth-order valence-electron chi connectivity index (χ4n) is 4.34. The standard InChI is InChI=1S/C23H25FN2O/c1-15-12-19-5-3-4-17-6-7-20(24)13-21(17)22(23(19)25-14-15)18-8-10-26(11-9-18)16(2)27/h6-7,12-14H,3-5,8-11H2,1-2H3.